The first-order chi connectivity index (χ1) is 12.4. The fourth-order valence-electron chi connectivity index (χ4n) is 2.77. The highest BCUT2D eigenvalue weighted by molar-refractivity contribution is 8.13. The van der Waals surface area contributed by atoms with E-state index >= 15 is 0 Å². The monoisotopic (exact) mass is 386 g/mol. The Hall–Kier alpha value is -1.78. The van der Waals surface area contributed by atoms with Crippen molar-refractivity contribution in [1.29, 1.82) is 0 Å². The van der Waals surface area contributed by atoms with Crippen LogP contribution in [0.1, 0.15) is 42.3 Å². The largest absolute Gasteiger partial charge is 0.286 e. The van der Waals surface area contributed by atoms with Crippen molar-refractivity contribution >= 4 is 34.4 Å². The van der Waals surface area contributed by atoms with Gasteiger partial charge < -0.3 is 0 Å². The van der Waals surface area contributed by atoms with Crippen LogP contribution in [0.25, 0.3) is 0 Å². The van der Waals surface area contributed by atoms with Crippen LogP contribution in [-0.4, -0.2) is 29.1 Å². The molecule has 5 heteroatoms. The average Bonchev–Trinajstić information content (AvgIpc) is 3.08. The van der Waals surface area contributed by atoms with Crippen LogP contribution in [0.4, 0.5) is 0 Å². The standard InChI is InChI=1S/C21H23ClN2OS/c1-21(2,3)17-10-8-15(9-11-17)19(25)24-13-12-23-20(24)26-14-16-6-4-5-7-18(16)22/h4-11H,12-14H2,1-3H3. The number of amides is 1. The van der Waals surface area contributed by atoms with Gasteiger partial charge in [-0.3, -0.25) is 14.7 Å². The van der Waals surface area contributed by atoms with Gasteiger partial charge in [-0.15, -0.1) is 0 Å². The first-order valence-corrected chi connectivity index (χ1v) is 10.1. The van der Waals surface area contributed by atoms with Gasteiger partial charge in [-0.2, -0.15) is 0 Å². The highest BCUT2D eigenvalue weighted by atomic mass is 35.5. The number of halogens is 1. The number of carbonyl (C=O) groups is 1. The molecule has 0 bridgehead atoms. The lowest BCUT2D eigenvalue weighted by molar-refractivity contribution is 0.0860. The molecule has 2 aromatic carbocycles. The summed E-state index contributed by atoms with van der Waals surface area (Å²) in [6.07, 6.45) is 0. The molecular formula is C21H23ClN2OS. The summed E-state index contributed by atoms with van der Waals surface area (Å²) in [6, 6.07) is 15.7. The third kappa shape index (κ3) is 4.30. The normalized spacial score (nSPS) is 14.5. The van der Waals surface area contributed by atoms with Crippen molar-refractivity contribution in [3.05, 3.63) is 70.2 Å². The molecule has 0 aromatic heterocycles. The minimum atomic E-state index is 0.00775. The first-order valence-electron chi connectivity index (χ1n) is 8.69. The van der Waals surface area contributed by atoms with Gasteiger partial charge in [0.2, 0.25) is 0 Å². The summed E-state index contributed by atoms with van der Waals surface area (Å²) in [5.41, 5.74) is 3.05. The van der Waals surface area contributed by atoms with Gasteiger partial charge in [-0.25, -0.2) is 0 Å². The summed E-state index contributed by atoms with van der Waals surface area (Å²) in [5.74, 6) is 0.707. The fraction of sp³-hybridized carbons (Fsp3) is 0.333. The lowest BCUT2D eigenvalue weighted by Gasteiger charge is -2.21. The highest BCUT2D eigenvalue weighted by Gasteiger charge is 2.25. The Labute approximate surface area is 164 Å². The SMILES string of the molecule is CC(C)(C)c1ccc(C(=O)N2CCN=C2SCc2ccccc2Cl)cc1. The second-order valence-electron chi connectivity index (χ2n) is 7.33. The van der Waals surface area contributed by atoms with Crippen LogP contribution in [0, 0.1) is 0 Å². The molecule has 3 rings (SSSR count). The molecule has 0 atom stereocenters. The second-order valence-corrected chi connectivity index (χ2v) is 8.68. The maximum Gasteiger partial charge on any atom is 0.259 e. The van der Waals surface area contributed by atoms with Crippen molar-refractivity contribution in [2.75, 3.05) is 13.1 Å². The van der Waals surface area contributed by atoms with Crippen LogP contribution < -0.4 is 0 Å². The number of hydrogen-bond acceptors (Lipinski definition) is 3. The van der Waals surface area contributed by atoms with Crippen molar-refractivity contribution in [3.8, 4) is 0 Å². The summed E-state index contributed by atoms with van der Waals surface area (Å²) in [5, 5.41) is 1.52. The van der Waals surface area contributed by atoms with Crippen molar-refractivity contribution < 1.29 is 4.79 Å². The summed E-state index contributed by atoms with van der Waals surface area (Å²) in [7, 11) is 0. The third-order valence-corrected chi connectivity index (χ3v) is 5.79. The van der Waals surface area contributed by atoms with Crippen molar-refractivity contribution in [3.63, 3.8) is 0 Å². The second kappa shape index (κ2) is 7.85. The van der Waals surface area contributed by atoms with Crippen LogP contribution in [0.3, 0.4) is 0 Å². The van der Waals surface area contributed by atoms with Gasteiger partial charge in [0.25, 0.3) is 5.91 Å². The third-order valence-electron chi connectivity index (χ3n) is 4.36. The molecule has 0 spiro atoms. The lowest BCUT2D eigenvalue weighted by atomic mass is 9.86. The summed E-state index contributed by atoms with van der Waals surface area (Å²) in [4.78, 5) is 19.2. The zero-order chi connectivity index (χ0) is 18.7. The zero-order valence-electron chi connectivity index (χ0n) is 15.3. The Morgan fingerprint density at radius 2 is 1.85 bits per heavy atom. The van der Waals surface area contributed by atoms with Crippen molar-refractivity contribution in [1.82, 2.24) is 4.90 Å². The number of rotatable bonds is 3. The van der Waals surface area contributed by atoms with Crippen LogP contribution in [0.5, 0.6) is 0 Å². The van der Waals surface area contributed by atoms with Gasteiger partial charge in [-0.05, 0) is 34.7 Å². The van der Waals surface area contributed by atoms with Gasteiger partial charge in [0, 0.05) is 22.9 Å². The first kappa shape index (κ1) is 19.0. The van der Waals surface area contributed by atoms with Gasteiger partial charge in [0.05, 0.1) is 6.54 Å². The molecule has 0 unspecified atom stereocenters. The Morgan fingerprint density at radius 1 is 1.15 bits per heavy atom. The van der Waals surface area contributed by atoms with Gasteiger partial charge in [-0.1, -0.05) is 74.5 Å². The number of amidine groups is 1. The molecule has 1 amide bonds. The van der Waals surface area contributed by atoms with Gasteiger partial charge in [0.1, 0.15) is 0 Å². The lowest BCUT2D eigenvalue weighted by Crippen LogP contribution is -2.32. The van der Waals surface area contributed by atoms with E-state index in [1.807, 2.05) is 48.5 Å². The average molecular weight is 387 g/mol. The molecular weight excluding hydrogens is 364 g/mol. The number of benzene rings is 2. The fourth-order valence-corrected chi connectivity index (χ4v) is 4.10. The molecule has 0 saturated carbocycles. The number of hydrogen-bond donors (Lipinski definition) is 0. The summed E-state index contributed by atoms with van der Waals surface area (Å²) >= 11 is 7.78. The van der Waals surface area contributed by atoms with E-state index in [0.717, 1.165) is 15.8 Å². The zero-order valence-corrected chi connectivity index (χ0v) is 16.9. The molecule has 0 N–H and O–H groups in total. The van der Waals surface area contributed by atoms with Crippen LogP contribution in [0.15, 0.2) is 53.5 Å². The predicted octanol–water partition coefficient (Wildman–Crippen LogP) is 5.38. The molecule has 136 valence electrons. The molecule has 1 aliphatic heterocycles. The van der Waals surface area contributed by atoms with E-state index in [4.69, 9.17) is 11.6 Å². The van der Waals surface area contributed by atoms with E-state index in [-0.39, 0.29) is 11.3 Å². The predicted molar refractivity (Wildman–Crippen MR) is 111 cm³/mol. The van der Waals surface area contributed by atoms with E-state index in [1.54, 1.807) is 16.7 Å². The molecule has 0 saturated heterocycles. The Morgan fingerprint density at radius 3 is 2.50 bits per heavy atom. The van der Waals surface area contributed by atoms with Gasteiger partial charge >= 0.3 is 0 Å². The maximum atomic E-state index is 12.9. The molecule has 1 aliphatic rings. The Bertz CT molecular complexity index is 825. The van der Waals surface area contributed by atoms with Crippen molar-refractivity contribution in [2.24, 2.45) is 4.99 Å². The number of nitrogens with zero attached hydrogens (tertiary/aromatic N) is 2. The van der Waals surface area contributed by atoms with E-state index in [0.29, 0.717) is 24.4 Å². The molecule has 0 aliphatic carbocycles. The number of thioether (sulfide) groups is 1. The maximum absolute atomic E-state index is 12.9. The van der Waals surface area contributed by atoms with E-state index in [1.165, 1.54) is 5.56 Å². The molecule has 26 heavy (non-hydrogen) atoms. The molecule has 2 aromatic rings. The Kier molecular flexibility index (Phi) is 5.73. The highest BCUT2D eigenvalue weighted by Crippen LogP contribution is 2.26. The van der Waals surface area contributed by atoms with E-state index in [9.17, 15) is 4.79 Å². The number of carbonyl (C=O) groups excluding carboxylic acids is 1. The summed E-state index contributed by atoms with van der Waals surface area (Å²) in [6.45, 7) is 7.78. The van der Waals surface area contributed by atoms with E-state index < -0.39 is 0 Å². The van der Waals surface area contributed by atoms with E-state index in [2.05, 4.69) is 25.8 Å². The van der Waals surface area contributed by atoms with Crippen LogP contribution in [-0.2, 0) is 11.2 Å². The smallest absolute Gasteiger partial charge is 0.259 e. The molecule has 0 radical (unpaired) electrons. The minimum absolute atomic E-state index is 0.00775. The molecule has 0 fully saturated rings. The Balaban J connectivity index is 1.69. The molecule has 1 heterocycles. The summed E-state index contributed by atoms with van der Waals surface area (Å²) < 4.78 is 0. The van der Waals surface area contributed by atoms with Crippen LogP contribution in [0.2, 0.25) is 5.02 Å². The topological polar surface area (TPSA) is 32.7 Å². The quantitative estimate of drug-likeness (QED) is 0.709. The van der Waals surface area contributed by atoms with Crippen molar-refractivity contribution in [2.45, 2.75) is 31.9 Å². The number of aliphatic imine (C=N–C) groups is 1. The van der Waals surface area contributed by atoms with Gasteiger partial charge in [0.15, 0.2) is 5.17 Å². The minimum Gasteiger partial charge on any atom is -0.286 e. The molecule has 3 nitrogen and oxygen atoms in total. The van der Waals surface area contributed by atoms with Crippen LogP contribution >= 0.6 is 23.4 Å².